The third-order valence-electron chi connectivity index (χ3n) is 4.02. The molecule has 4 N–H and O–H groups in total. The number of rotatable bonds is 6. The SMILES string of the molecule is Cc1ccc(C(=O)Nc2cccc(CNc3cncc(C(N)=O)c3)c2)cc1. The van der Waals surface area contributed by atoms with Crippen LogP contribution in [0.2, 0.25) is 0 Å². The van der Waals surface area contributed by atoms with Gasteiger partial charge in [-0.1, -0.05) is 29.8 Å². The molecule has 2 amide bonds. The fraction of sp³-hybridized carbons (Fsp3) is 0.0952. The topological polar surface area (TPSA) is 97.1 Å². The largest absolute Gasteiger partial charge is 0.380 e. The lowest BCUT2D eigenvalue weighted by atomic mass is 10.1. The van der Waals surface area contributed by atoms with Gasteiger partial charge in [0, 0.05) is 30.2 Å². The van der Waals surface area contributed by atoms with Gasteiger partial charge in [-0.3, -0.25) is 14.6 Å². The van der Waals surface area contributed by atoms with Crippen LogP contribution < -0.4 is 16.4 Å². The molecule has 136 valence electrons. The van der Waals surface area contributed by atoms with Gasteiger partial charge in [-0.05, 0) is 42.8 Å². The highest BCUT2D eigenvalue weighted by atomic mass is 16.2. The number of aromatic nitrogens is 1. The first-order valence-electron chi connectivity index (χ1n) is 8.47. The zero-order valence-corrected chi connectivity index (χ0v) is 14.9. The molecule has 0 aliphatic rings. The Morgan fingerprint density at radius 1 is 0.963 bits per heavy atom. The molecule has 3 rings (SSSR count). The lowest BCUT2D eigenvalue weighted by Crippen LogP contribution is -2.12. The molecule has 0 aliphatic heterocycles. The van der Waals surface area contributed by atoms with Crippen LogP contribution in [0.1, 0.15) is 31.8 Å². The number of nitrogens with zero attached hydrogens (tertiary/aromatic N) is 1. The molecular weight excluding hydrogens is 340 g/mol. The Kier molecular flexibility index (Phi) is 5.47. The van der Waals surface area contributed by atoms with E-state index in [4.69, 9.17) is 5.73 Å². The molecule has 0 bridgehead atoms. The summed E-state index contributed by atoms with van der Waals surface area (Å²) >= 11 is 0. The van der Waals surface area contributed by atoms with Crippen molar-refractivity contribution in [3.63, 3.8) is 0 Å². The van der Waals surface area contributed by atoms with E-state index in [-0.39, 0.29) is 5.91 Å². The van der Waals surface area contributed by atoms with Gasteiger partial charge in [0.15, 0.2) is 0 Å². The lowest BCUT2D eigenvalue weighted by Gasteiger charge is -2.10. The van der Waals surface area contributed by atoms with Gasteiger partial charge < -0.3 is 16.4 Å². The van der Waals surface area contributed by atoms with E-state index in [1.54, 1.807) is 24.4 Å². The number of anilines is 2. The van der Waals surface area contributed by atoms with Gasteiger partial charge in [0.2, 0.25) is 5.91 Å². The van der Waals surface area contributed by atoms with Crippen molar-refractivity contribution in [3.05, 3.63) is 89.2 Å². The molecule has 0 atom stereocenters. The molecule has 2 aromatic carbocycles. The standard InChI is InChI=1S/C21H20N4O2/c1-14-5-7-16(8-6-14)21(27)25-18-4-2-3-15(9-18)11-24-19-10-17(20(22)26)12-23-13-19/h2-10,12-13,24H,11H2,1H3,(H2,22,26)(H,25,27). The van der Waals surface area contributed by atoms with Crippen molar-refractivity contribution in [3.8, 4) is 0 Å². The number of carbonyl (C=O) groups excluding carboxylic acids is 2. The average Bonchev–Trinajstić information content (AvgIpc) is 2.67. The molecule has 0 spiro atoms. The van der Waals surface area contributed by atoms with E-state index in [9.17, 15) is 9.59 Å². The summed E-state index contributed by atoms with van der Waals surface area (Å²) in [5.41, 5.74) is 9.71. The second-order valence-electron chi connectivity index (χ2n) is 6.20. The summed E-state index contributed by atoms with van der Waals surface area (Å²) in [7, 11) is 0. The molecule has 0 aliphatic carbocycles. The Hall–Kier alpha value is -3.67. The van der Waals surface area contributed by atoms with E-state index < -0.39 is 5.91 Å². The maximum absolute atomic E-state index is 12.3. The van der Waals surface area contributed by atoms with Gasteiger partial charge in [-0.2, -0.15) is 0 Å². The first kappa shape index (κ1) is 18.1. The van der Waals surface area contributed by atoms with Crippen molar-refractivity contribution in [2.45, 2.75) is 13.5 Å². The molecule has 0 fully saturated rings. The molecule has 1 aromatic heterocycles. The second-order valence-corrected chi connectivity index (χ2v) is 6.20. The highest BCUT2D eigenvalue weighted by molar-refractivity contribution is 6.04. The van der Waals surface area contributed by atoms with Crippen molar-refractivity contribution >= 4 is 23.2 Å². The van der Waals surface area contributed by atoms with Crippen LogP contribution in [0.25, 0.3) is 0 Å². The maximum atomic E-state index is 12.3. The van der Waals surface area contributed by atoms with Crippen LogP contribution in [-0.4, -0.2) is 16.8 Å². The molecule has 6 heteroatoms. The quantitative estimate of drug-likeness (QED) is 0.628. The summed E-state index contributed by atoms with van der Waals surface area (Å²) in [6.07, 6.45) is 3.05. The third-order valence-corrected chi connectivity index (χ3v) is 4.02. The fourth-order valence-corrected chi connectivity index (χ4v) is 2.54. The van der Waals surface area contributed by atoms with Crippen LogP contribution in [0.15, 0.2) is 67.0 Å². The predicted molar refractivity (Wildman–Crippen MR) is 106 cm³/mol. The minimum absolute atomic E-state index is 0.154. The Labute approximate surface area is 157 Å². The summed E-state index contributed by atoms with van der Waals surface area (Å²) in [5, 5.41) is 6.09. The number of benzene rings is 2. The van der Waals surface area contributed by atoms with Gasteiger partial charge >= 0.3 is 0 Å². The van der Waals surface area contributed by atoms with E-state index >= 15 is 0 Å². The van der Waals surface area contributed by atoms with Crippen LogP contribution >= 0.6 is 0 Å². The molecular formula is C21H20N4O2. The minimum Gasteiger partial charge on any atom is -0.380 e. The normalized spacial score (nSPS) is 10.3. The predicted octanol–water partition coefficient (Wildman–Crippen LogP) is 3.35. The van der Waals surface area contributed by atoms with Gasteiger partial charge in [0.1, 0.15) is 0 Å². The van der Waals surface area contributed by atoms with Gasteiger partial charge in [0.05, 0.1) is 11.3 Å². The number of amides is 2. The number of hydrogen-bond donors (Lipinski definition) is 3. The fourth-order valence-electron chi connectivity index (χ4n) is 2.54. The van der Waals surface area contributed by atoms with Crippen molar-refractivity contribution in [2.75, 3.05) is 10.6 Å². The molecule has 0 saturated heterocycles. The van der Waals surface area contributed by atoms with Crippen molar-refractivity contribution in [2.24, 2.45) is 5.73 Å². The first-order valence-corrected chi connectivity index (χ1v) is 8.47. The van der Waals surface area contributed by atoms with Crippen molar-refractivity contribution in [1.29, 1.82) is 0 Å². The number of primary amides is 1. The van der Waals surface area contributed by atoms with Crippen LogP contribution in [0.5, 0.6) is 0 Å². The summed E-state index contributed by atoms with van der Waals surface area (Å²) in [4.78, 5) is 27.6. The van der Waals surface area contributed by atoms with Crippen LogP contribution in [-0.2, 0) is 6.54 Å². The summed E-state index contributed by atoms with van der Waals surface area (Å²) in [5.74, 6) is -0.676. The maximum Gasteiger partial charge on any atom is 0.255 e. The highest BCUT2D eigenvalue weighted by Gasteiger charge is 2.06. The van der Waals surface area contributed by atoms with Crippen LogP contribution in [0, 0.1) is 6.92 Å². The van der Waals surface area contributed by atoms with Gasteiger partial charge in [-0.15, -0.1) is 0 Å². The number of carbonyl (C=O) groups is 2. The zero-order valence-electron chi connectivity index (χ0n) is 14.9. The molecule has 0 radical (unpaired) electrons. The zero-order chi connectivity index (χ0) is 19.2. The smallest absolute Gasteiger partial charge is 0.255 e. The van der Waals surface area contributed by atoms with E-state index in [1.165, 1.54) is 6.20 Å². The van der Waals surface area contributed by atoms with Crippen molar-refractivity contribution in [1.82, 2.24) is 4.98 Å². The van der Waals surface area contributed by atoms with Gasteiger partial charge in [-0.25, -0.2) is 0 Å². The summed E-state index contributed by atoms with van der Waals surface area (Å²) < 4.78 is 0. The molecule has 1 heterocycles. The van der Waals surface area contributed by atoms with Crippen LogP contribution in [0.4, 0.5) is 11.4 Å². The number of hydrogen-bond acceptors (Lipinski definition) is 4. The van der Waals surface area contributed by atoms with E-state index in [1.807, 2.05) is 43.3 Å². The number of nitrogens with two attached hydrogens (primary N) is 1. The number of nitrogens with one attached hydrogen (secondary N) is 2. The Balaban J connectivity index is 1.65. The molecule has 27 heavy (non-hydrogen) atoms. The Bertz CT molecular complexity index is 968. The third kappa shape index (κ3) is 4.92. The summed E-state index contributed by atoms with van der Waals surface area (Å²) in [6, 6.07) is 16.6. The Morgan fingerprint density at radius 3 is 2.48 bits per heavy atom. The molecule has 3 aromatic rings. The number of aryl methyl sites for hydroxylation is 1. The number of pyridine rings is 1. The van der Waals surface area contributed by atoms with E-state index in [0.29, 0.717) is 29.0 Å². The monoisotopic (exact) mass is 360 g/mol. The average molecular weight is 360 g/mol. The highest BCUT2D eigenvalue weighted by Crippen LogP contribution is 2.15. The minimum atomic E-state index is -0.521. The summed E-state index contributed by atoms with van der Waals surface area (Å²) in [6.45, 7) is 2.49. The van der Waals surface area contributed by atoms with Crippen LogP contribution in [0.3, 0.4) is 0 Å². The Morgan fingerprint density at radius 2 is 1.74 bits per heavy atom. The molecule has 0 saturated carbocycles. The van der Waals surface area contributed by atoms with Crippen molar-refractivity contribution < 1.29 is 9.59 Å². The lowest BCUT2D eigenvalue weighted by molar-refractivity contribution is 0.0997. The van der Waals surface area contributed by atoms with E-state index in [0.717, 1.165) is 11.1 Å². The van der Waals surface area contributed by atoms with Gasteiger partial charge in [0.25, 0.3) is 5.91 Å². The van der Waals surface area contributed by atoms with E-state index in [2.05, 4.69) is 15.6 Å². The first-order chi connectivity index (χ1) is 13.0. The molecule has 0 unspecified atom stereocenters. The molecule has 6 nitrogen and oxygen atoms in total. The second kappa shape index (κ2) is 8.14.